The minimum absolute atomic E-state index is 0.547. The lowest BCUT2D eigenvalue weighted by molar-refractivity contribution is 0.0608. The molecular formula is C15H25N5. The number of piperidine rings is 2. The lowest BCUT2D eigenvalue weighted by atomic mass is 9.82. The van der Waals surface area contributed by atoms with Gasteiger partial charge in [-0.2, -0.15) is 4.98 Å². The van der Waals surface area contributed by atoms with Crippen molar-refractivity contribution in [2.75, 3.05) is 24.2 Å². The van der Waals surface area contributed by atoms with E-state index in [1.807, 2.05) is 12.3 Å². The summed E-state index contributed by atoms with van der Waals surface area (Å²) in [6, 6.07) is 4.01. The maximum absolute atomic E-state index is 4.52. The van der Waals surface area contributed by atoms with Gasteiger partial charge in [-0.3, -0.25) is 0 Å². The van der Waals surface area contributed by atoms with Crippen molar-refractivity contribution in [3.05, 3.63) is 12.3 Å². The van der Waals surface area contributed by atoms with Gasteiger partial charge in [0.25, 0.3) is 0 Å². The number of hydrogen-bond donors (Lipinski definition) is 2. The van der Waals surface area contributed by atoms with Crippen LogP contribution in [0.2, 0.25) is 0 Å². The van der Waals surface area contributed by atoms with Crippen molar-refractivity contribution in [1.29, 1.82) is 0 Å². The quantitative estimate of drug-likeness (QED) is 0.883. The highest BCUT2D eigenvalue weighted by Gasteiger charge is 2.35. The number of rotatable bonds is 4. The van der Waals surface area contributed by atoms with Crippen molar-refractivity contribution in [2.24, 2.45) is 0 Å². The third kappa shape index (κ3) is 2.87. The minimum Gasteiger partial charge on any atom is -0.367 e. The number of fused-ring (bicyclic) bond motifs is 2. The molecule has 2 saturated heterocycles. The minimum atomic E-state index is 0.547. The Balaban J connectivity index is 1.64. The Kier molecular flexibility index (Phi) is 4.05. The molecule has 2 atom stereocenters. The molecule has 0 aliphatic carbocycles. The van der Waals surface area contributed by atoms with E-state index in [0.717, 1.165) is 24.4 Å². The van der Waals surface area contributed by atoms with E-state index in [-0.39, 0.29) is 0 Å². The van der Waals surface area contributed by atoms with Crippen LogP contribution in [0.3, 0.4) is 0 Å². The first kappa shape index (κ1) is 13.6. The first-order valence-electron chi connectivity index (χ1n) is 7.81. The van der Waals surface area contributed by atoms with Crippen LogP contribution in [0.5, 0.6) is 0 Å². The number of nitrogens with zero attached hydrogens (tertiary/aromatic N) is 3. The van der Waals surface area contributed by atoms with Crippen LogP contribution in [-0.4, -0.2) is 46.6 Å². The third-order valence-electron chi connectivity index (χ3n) is 4.68. The summed E-state index contributed by atoms with van der Waals surface area (Å²) in [6.45, 7) is 2.91. The van der Waals surface area contributed by atoms with Crippen molar-refractivity contribution >= 4 is 11.8 Å². The molecule has 3 rings (SSSR count). The molecule has 1 aromatic rings. The predicted molar refractivity (Wildman–Crippen MR) is 82.0 cm³/mol. The Morgan fingerprint density at radius 3 is 2.75 bits per heavy atom. The van der Waals surface area contributed by atoms with E-state index >= 15 is 0 Å². The maximum atomic E-state index is 4.52. The van der Waals surface area contributed by atoms with Gasteiger partial charge >= 0.3 is 0 Å². The monoisotopic (exact) mass is 275 g/mol. The predicted octanol–water partition coefficient (Wildman–Crippen LogP) is 2.34. The van der Waals surface area contributed by atoms with Crippen molar-refractivity contribution < 1.29 is 0 Å². The zero-order valence-corrected chi connectivity index (χ0v) is 12.5. The second-order valence-electron chi connectivity index (χ2n) is 6.01. The van der Waals surface area contributed by atoms with E-state index < -0.39 is 0 Å². The fourth-order valence-corrected chi connectivity index (χ4v) is 3.63. The summed E-state index contributed by atoms with van der Waals surface area (Å²) in [5.74, 6) is 1.66. The van der Waals surface area contributed by atoms with Crippen LogP contribution in [0.1, 0.15) is 39.0 Å². The molecule has 0 saturated carbocycles. The second-order valence-corrected chi connectivity index (χ2v) is 6.01. The number of anilines is 2. The molecule has 0 aromatic carbocycles. The highest BCUT2D eigenvalue weighted by atomic mass is 15.2. The van der Waals surface area contributed by atoms with Crippen molar-refractivity contribution in [2.45, 2.75) is 57.2 Å². The van der Waals surface area contributed by atoms with E-state index in [1.165, 1.54) is 32.1 Å². The number of nitrogens with one attached hydrogen (secondary N) is 2. The van der Waals surface area contributed by atoms with E-state index in [9.17, 15) is 0 Å². The average Bonchev–Trinajstić information content (AvgIpc) is 2.41. The van der Waals surface area contributed by atoms with Gasteiger partial charge in [0.15, 0.2) is 0 Å². The van der Waals surface area contributed by atoms with Crippen molar-refractivity contribution in [3.63, 3.8) is 0 Å². The zero-order chi connectivity index (χ0) is 13.9. The van der Waals surface area contributed by atoms with E-state index in [4.69, 9.17) is 0 Å². The summed E-state index contributed by atoms with van der Waals surface area (Å²) < 4.78 is 0. The number of hydrogen-bond acceptors (Lipinski definition) is 5. The van der Waals surface area contributed by atoms with E-state index in [1.54, 1.807) is 0 Å². The first-order valence-corrected chi connectivity index (χ1v) is 7.81. The van der Waals surface area contributed by atoms with E-state index in [2.05, 4.69) is 39.5 Å². The summed E-state index contributed by atoms with van der Waals surface area (Å²) in [5, 5.41) is 6.77. The Bertz CT molecular complexity index is 436. The summed E-state index contributed by atoms with van der Waals surface area (Å²) >= 11 is 0. The van der Waals surface area contributed by atoms with Gasteiger partial charge in [-0.15, -0.1) is 0 Å². The van der Waals surface area contributed by atoms with Gasteiger partial charge in [0.2, 0.25) is 5.95 Å². The summed E-state index contributed by atoms with van der Waals surface area (Å²) in [6.07, 6.45) is 8.36. The van der Waals surface area contributed by atoms with Crippen LogP contribution in [-0.2, 0) is 0 Å². The Morgan fingerprint density at radius 1 is 1.30 bits per heavy atom. The Hall–Kier alpha value is -1.36. The fraction of sp³-hybridized carbons (Fsp3) is 0.733. The van der Waals surface area contributed by atoms with Crippen molar-refractivity contribution in [1.82, 2.24) is 14.9 Å². The summed E-state index contributed by atoms with van der Waals surface area (Å²) in [7, 11) is 2.29. The molecule has 5 heteroatoms. The molecule has 2 aliphatic heterocycles. The van der Waals surface area contributed by atoms with Gasteiger partial charge in [0.05, 0.1) is 0 Å². The van der Waals surface area contributed by atoms with Crippen LogP contribution in [0, 0.1) is 0 Å². The van der Waals surface area contributed by atoms with Gasteiger partial charge in [0.1, 0.15) is 5.82 Å². The molecule has 0 spiro atoms. The van der Waals surface area contributed by atoms with Gasteiger partial charge in [0, 0.05) is 30.9 Å². The molecule has 5 nitrogen and oxygen atoms in total. The van der Waals surface area contributed by atoms with Gasteiger partial charge in [-0.05, 0) is 45.7 Å². The lowest BCUT2D eigenvalue weighted by Gasteiger charge is -2.47. The highest BCUT2D eigenvalue weighted by molar-refractivity contribution is 5.40. The molecule has 1 aromatic heterocycles. The molecule has 2 aliphatic rings. The maximum Gasteiger partial charge on any atom is 0.224 e. The molecular weight excluding hydrogens is 250 g/mol. The normalized spacial score (nSPS) is 30.0. The van der Waals surface area contributed by atoms with Crippen LogP contribution in [0.4, 0.5) is 11.8 Å². The molecule has 3 heterocycles. The fourth-order valence-electron chi connectivity index (χ4n) is 3.63. The summed E-state index contributed by atoms with van der Waals surface area (Å²) in [5.41, 5.74) is 0. The molecule has 2 fully saturated rings. The van der Waals surface area contributed by atoms with E-state index in [0.29, 0.717) is 12.0 Å². The standard InChI is InChI=1S/C15H25N5/c1-3-16-15-17-8-7-14(19-15)18-11-9-12-5-4-6-13(10-11)20(12)2/h7-8,11-13H,3-6,9-10H2,1-2H3,(H2,16,17,18,19). The molecule has 0 amide bonds. The molecule has 2 unspecified atom stereocenters. The molecule has 20 heavy (non-hydrogen) atoms. The van der Waals surface area contributed by atoms with Crippen LogP contribution < -0.4 is 10.6 Å². The Labute approximate surface area is 121 Å². The zero-order valence-electron chi connectivity index (χ0n) is 12.5. The van der Waals surface area contributed by atoms with Gasteiger partial charge in [-0.25, -0.2) is 4.98 Å². The Morgan fingerprint density at radius 2 is 2.05 bits per heavy atom. The topological polar surface area (TPSA) is 53.1 Å². The van der Waals surface area contributed by atoms with Crippen LogP contribution in [0.25, 0.3) is 0 Å². The molecule has 110 valence electrons. The molecule has 0 radical (unpaired) electrons. The second kappa shape index (κ2) is 5.95. The van der Waals surface area contributed by atoms with Crippen LogP contribution >= 0.6 is 0 Å². The van der Waals surface area contributed by atoms with Gasteiger partial charge in [-0.1, -0.05) is 6.42 Å². The molecule has 2 bridgehead atoms. The van der Waals surface area contributed by atoms with Crippen molar-refractivity contribution in [3.8, 4) is 0 Å². The lowest BCUT2D eigenvalue weighted by Crippen LogP contribution is -2.52. The third-order valence-corrected chi connectivity index (χ3v) is 4.68. The highest BCUT2D eigenvalue weighted by Crippen LogP contribution is 2.33. The smallest absolute Gasteiger partial charge is 0.224 e. The largest absolute Gasteiger partial charge is 0.367 e. The SMILES string of the molecule is CCNc1nccc(NC2CC3CCCC(C2)N3C)n1. The average molecular weight is 275 g/mol. The first-order chi connectivity index (χ1) is 9.76. The van der Waals surface area contributed by atoms with Crippen LogP contribution in [0.15, 0.2) is 12.3 Å². The van der Waals surface area contributed by atoms with Gasteiger partial charge < -0.3 is 15.5 Å². The summed E-state index contributed by atoms with van der Waals surface area (Å²) in [4.78, 5) is 11.3. The number of aromatic nitrogens is 2. The molecule has 2 N–H and O–H groups in total.